The molecule has 1 atom stereocenters. The Morgan fingerprint density at radius 2 is 1.78 bits per heavy atom. The van der Waals surface area contributed by atoms with Gasteiger partial charge in [-0.3, -0.25) is 9.69 Å². The SMILES string of the molecule is CC1(C(=O)N2CCCC2)CCCN1C(=O)OCc1ccccc1. The van der Waals surface area contributed by atoms with Gasteiger partial charge in [0.05, 0.1) is 0 Å². The first kappa shape index (κ1) is 15.8. The van der Waals surface area contributed by atoms with Crippen LogP contribution in [0.15, 0.2) is 30.3 Å². The standard InChI is InChI=1S/C18H24N2O3/c1-18(16(21)19-11-5-6-12-19)10-7-13-20(18)17(22)23-14-15-8-3-2-4-9-15/h2-4,8-9H,5-7,10-14H2,1H3. The molecule has 0 N–H and O–H groups in total. The third-order valence-corrected chi connectivity index (χ3v) is 4.92. The molecule has 2 fully saturated rings. The minimum atomic E-state index is -0.752. The molecule has 3 rings (SSSR count). The number of likely N-dealkylation sites (tertiary alicyclic amines) is 2. The second-order valence-corrected chi connectivity index (χ2v) is 6.57. The summed E-state index contributed by atoms with van der Waals surface area (Å²) in [5.74, 6) is 0.0733. The van der Waals surface area contributed by atoms with E-state index in [0.29, 0.717) is 13.0 Å². The van der Waals surface area contributed by atoms with Crippen molar-refractivity contribution in [1.29, 1.82) is 0 Å². The lowest BCUT2D eigenvalue weighted by Crippen LogP contribution is -2.56. The maximum Gasteiger partial charge on any atom is 0.410 e. The van der Waals surface area contributed by atoms with Crippen LogP contribution in [0.4, 0.5) is 4.79 Å². The number of amides is 2. The summed E-state index contributed by atoms with van der Waals surface area (Å²) < 4.78 is 5.44. The van der Waals surface area contributed by atoms with Crippen molar-refractivity contribution in [1.82, 2.24) is 9.80 Å². The van der Waals surface area contributed by atoms with Crippen molar-refractivity contribution in [3.8, 4) is 0 Å². The van der Waals surface area contributed by atoms with Gasteiger partial charge in [-0.1, -0.05) is 30.3 Å². The van der Waals surface area contributed by atoms with Gasteiger partial charge >= 0.3 is 6.09 Å². The van der Waals surface area contributed by atoms with Crippen LogP contribution in [0.25, 0.3) is 0 Å². The van der Waals surface area contributed by atoms with E-state index in [1.807, 2.05) is 42.2 Å². The first-order chi connectivity index (χ1) is 11.1. The zero-order valence-electron chi connectivity index (χ0n) is 13.7. The van der Waals surface area contributed by atoms with Crippen molar-refractivity contribution in [3.63, 3.8) is 0 Å². The van der Waals surface area contributed by atoms with E-state index in [1.165, 1.54) is 0 Å². The average molecular weight is 316 g/mol. The van der Waals surface area contributed by atoms with Gasteiger partial charge in [0.25, 0.3) is 0 Å². The fourth-order valence-electron chi connectivity index (χ4n) is 3.54. The highest BCUT2D eigenvalue weighted by atomic mass is 16.6. The molecule has 1 unspecified atom stereocenters. The maximum absolute atomic E-state index is 12.8. The number of hydrogen-bond donors (Lipinski definition) is 0. The fourth-order valence-corrected chi connectivity index (χ4v) is 3.54. The van der Waals surface area contributed by atoms with Crippen LogP contribution in [0.1, 0.15) is 38.2 Å². The Morgan fingerprint density at radius 3 is 2.48 bits per heavy atom. The number of carbonyl (C=O) groups excluding carboxylic acids is 2. The summed E-state index contributed by atoms with van der Waals surface area (Å²) in [6.45, 7) is 4.32. The van der Waals surface area contributed by atoms with Gasteiger partial charge in [0.2, 0.25) is 5.91 Å². The van der Waals surface area contributed by atoms with Crippen LogP contribution in [-0.4, -0.2) is 47.0 Å². The number of hydrogen-bond acceptors (Lipinski definition) is 3. The monoisotopic (exact) mass is 316 g/mol. The Labute approximate surface area is 137 Å². The molecule has 0 bridgehead atoms. The van der Waals surface area contributed by atoms with Gasteiger partial charge in [0, 0.05) is 19.6 Å². The molecule has 0 spiro atoms. The molecule has 5 nitrogen and oxygen atoms in total. The summed E-state index contributed by atoms with van der Waals surface area (Å²) in [5.41, 5.74) is 0.200. The van der Waals surface area contributed by atoms with Crippen LogP contribution in [0.3, 0.4) is 0 Å². The summed E-state index contributed by atoms with van der Waals surface area (Å²) in [6.07, 6.45) is 3.28. The minimum absolute atomic E-state index is 0.0733. The van der Waals surface area contributed by atoms with E-state index in [2.05, 4.69) is 0 Å². The third-order valence-electron chi connectivity index (χ3n) is 4.92. The summed E-state index contributed by atoms with van der Waals surface area (Å²) in [7, 11) is 0. The molecule has 124 valence electrons. The number of rotatable bonds is 3. The van der Waals surface area contributed by atoms with E-state index in [4.69, 9.17) is 4.74 Å². The lowest BCUT2D eigenvalue weighted by molar-refractivity contribution is -0.140. The molecular weight excluding hydrogens is 292 g/mol. The highest BCUT2D eigenvalue weighted by Crippen LogP contribution is 2.32. The van der Waals surface area contributed by atoms with Crippen LogP contribution >= 0.6 is 0 Å². The second-order valence-electron chi connectivity index (χ2n) is 6.57. The minimum Gasteiger partial charge on any atom is -0.445 e. The molecule has 0 aliphatic carbocycles. The van der Waals surface area contributed by atoms with Crippen molar-refractivity contribution < 1.29 is 14.3 Å². The van der Waals surface area contributed by atoms with E-state index in [9.17, 15) is 9.59 Å². The third kappa shape index (κ3) is 3.19. The Kier molecular flexibility index (Phi) is 4.55. The largest absolute Gasteiger partial charge is 0.445 e. The molecule has 2 aliphatic heterocycles. The number of benzene rings is 1. The van der Waals surface area contributed by atoms with Gasteiger partial charge < -0.3 is 9.64 Å². The van der Waals surface area contributed by atoms with E-state index in [1.54, 1.807) is 4.90 Å². The molecule has 2 heterocycles. The Hall–Kier alpha value is -2.04. The molecule has 2 saturated heterocycles. The van der Waals surface area contributed by atoms with Crippen LogP contribution in [0, 0.1) is 0 Å². The smallest absolute Gasteiger partial charge is 0.410 e. The Morgan fingerprint density at radius 1 is 1.09 bits per heavy atom. The van der Waals surface area contributed by atoms with E-state index >= 15 is 0 Å². The van der Waals surface area contributed by atoms with Gasteiger partial charge in [-0.15, -0.1) is 0 Å². The average Bonchev–Trinajstić information content (AvgIpc) is 3.23. The highest BCUT2D eigenvalue weighted by molar-refractivity contribution is 5.90. The number of carbonyl (C=O) groups is 2. The first-order valence-corrected chi connectivity index (χ1v) is 8.39. The molecule has 2 amide bonds. The quantitative estimate of drug-likeness (QED) is 0.861. The summed E-state index contributed by atoms with van der Waals surface area (Å²) in [5, 5.41) is 0. The predicted molar refractivity (Wildman–Crippen MR) is 86.8 cm³/mol. The molecule has 0 radical (unpaired) electrons. The van der Waals surface area contributed by atoms with Crippen LogP contribution in [0.5, 0.6) is 0 Å². The van der Waals surface area contributed by atoms with Gasteiger partial charge in [-0.25, -0.2) is 4.79 Å². The predicted octanol–water partition coefficient (Wildman–Crippen LogP) is 2.80. The topological polar surface area (TPSA) is 49.9 Å². The van der Waals surface area contributed by atoms with Gasteiger partial charge in [0.15, 0.2) is 0 Å². The molecule has 0 aromatic heterocycles. The molecule has 5 heteroatoms. The van der Waals surface area contributed by atoms with Crippen molar-refractivity contribution in [2.45, 2.75) is 44.8 Å². The summed E-state index contributed by atoms with van der Waals surface area (Å²) >= 11 is 0. The molecule has 1 aromatic carbocycles. The molecule has 2 aliphatic rings. The van der Waals surface area contributed by atoms with Crippen molar-refractivity contribution in [2.75, 3.05) is 19.6 Å². The lowest BCUT2D eigenvalue weighted by atomic mass is 9.97. The van der Waals surface area contributed by atoms with E-state index < -0.39 is 5.54 Å². The highest BCUT2D eigenvalue weighted by Gasteiger charge is 2.48. The molecule has 0 saturated carbocycles. The normalized spacial score (nSPS) is 24.0. The zero-order chi connectivity index (χ0) is 16.3. The Bertz CT molecular complexity index is 569. The zero-order valence-corrected chi connectivity index (χ0v) is 13.7. The lowest BCUT2D eigenvalue weighted by Gasteiger charge is -2.36. The first-order valence-electron chi connectivity index (χ1n) is 8.39. The van der Waals surface area contributed by atoms with Crippen LogP contribution in [-0.2, 0) is 16.1 Å². The van der Waals surface area contributed by atoms with Crippen LogP contribution < -0.4 is 0 Å². The van der Waals surface area contributed by atoms with Gasteiger partial charge in [0.1, 0.15) is 12.1 Å². The number of nitrogens with zero attached hydrogens (tertiary/aromatic N) is 2. The molecule has 1 aromatic rings. The van der Waals surface area contributed by atoms with E-state index in [-0.39, 0.29) is 18.6 Å². The molecular formula is C18H24N2O3. The number of ether oxygens (including phenoxy) is 1. The van der Waals surface area contributed by atoms with E-state index in [0.717, 1.165) is 37.9 Å². The summed E-state index contributed by atoms with van der Waals surface area (Å²) in [4.78, 5) is 28.8. The van der Waals surface area contributed by atoms with Crippen molar-refractivity contribution in [2.24, 2.45) is 0 Å². The second kappa shape index (κ2) is 6.60. The maximum atomic E-state index is 12.8. The fraction of sp³-hybridized carbons (Fsp3) is 0.556. The molecule has 23 heavy (non-hydrogen) atoms. The van der Waals surface area contributed by atoms with Crippen molar-refractivity contribution >= 4 is 12.0 Å². The Balaban J connectivity index is 1.65. The van der Waals surface area contributed by atoms with Gasteiger partial charge in [-0.05, 0) is 38.2 Å². The van der Waals surface area contributed by atoms with Crippen molar-refractivity contribution in [3.05, 3.63) is 35.9 Å². The summed E-state index contributed by atoms with van der Waals surface area (Å²) in [6, 6.07) is 9.61. The van der Waals surface area contributed by atoms with Gasteiger partial charge in [-0.2, -0.15) is 0 Å². The van der Waals surface area contributed by atoms with Crippen LogP contribution in [0.2, 0.25) is 0 Å².